The molecular weight excluding hydrogens is 448 g/mol. The van der Waals surface area contributed by atoms with Crippen molar-refractivity contribution in [2.24, 2.45) is 51.8 Å². The predicted octanol–water partition coefficient (Wildman–Crippen LogP) is 3.93. The van der Waals surface area contributed by atoms with Gasteiger partial charge in [-0.15, -0.1) is 0 Å². The Kier molecular flexibility index (Phi) is 7.13. The highest BCUT2D eigenvalue weighted by atomic mass is 16.4. The third kappa shape index (κ3) is 4.14. The lowest BCUT2D eigenvalue weighted by atomic mass is 9.43. The van der Waals surface area contributed by atoms with Gasteiger partial charge < -0.3 is 25.5 Å². The van der Waals surface area contributed by atoms with Crippen molar-refractivity contribution in [2.45, 2.75) is 110 Å². The van der Waals surface area contributed by atoms with Crippen molar-refractivity contribution >= 4 is 11.9 Å². The highest BCUT2D eigenvalue weighted by Crippen LogP contribution is 2.68. The Morgan fingerprint density at radius 3 is 2.26 bits per heavy atom. The van der Waals surface area contributed by atoms with Crippen molar-refractivity contribution in [3.8, 4) is 0 Å². The van der Waals surface area contributed by atoms with E-state index in [1.165, 1.54) is 6.92 Å². The Bertz CT molecular complexity index is 814. The quantitative estimate of drug-likeness (QED) is 0.338. The normalized spacial score (nSPS) is 46.3. The van der Waals surface area contributed by atoms with Gasteiger partial charge >= 0.3 is 11.9 Å². The smallest absolute Gasteiger partial charge is 0.320 e. The summed E-state index contributed by atoms with van der Waals surface area (Å²) in [6.45, 7) is 7.98. The SMILES string of the molecule is C[C@H](CCCC(C)(C(=O)O)C(=O)O)C1CCC2C3C(C[C@H](O)[C@@]21C)[C@@]1(C)CC[C@@H](O)CC1C[C@H]3O. The van der Waals surface area contributed by atoms with Gasteiger partial charge in [0.05, 0.1) is 18.3 Å². The zero-order valence-electron chi connectivity index (χ0n) is 21.8. The number of hydrogen-bond donors (Lipinski definition) is 5. The number of hydrogen-bond acceptors (Lipinski definition) is 5. The summed E-state index contributed by atoms with van der Waals surface area (Å²) in [6, 6.07) is 0. The largest absolute Gasteiger partial charge is 0.480 e. The summed E-state index contributed by atoms with van der Waals surface area (Å²) in [7, 11) is 0. The van der Waals surface area contributed by atoms with Crippen molar-refractivity contribution in [3.63, 3.8) is 0 Å². The molecule has 0 aromatic heterocycles. The first-order chi connectivity index (χ1) is 16.3. The molecule has 0 spiro atoms. The fraction of sp³-hybridized carbons (Fsp3) is 0.929. The predicted molar refractivity (Wildman–Crippen MR) is 130 cm³/mol. The Morgan fingerprint density at radius 1 is 0.971 bits per heavy atom. The molecule has 4 aliphatic carbocycles. The number of aliphatic hydroxyl groups excluding tert-OH is 3. The van der Waals surface area contributed by atoms with Crippen molar-refractivity contribution < 1.29 is 35.1 Å². The van der Waals surface area contributed by atoms with E-state index in [2.05, 4.69) is 20.8 Å². The minimum atomic E-state index is -1.77. The summed E-state index contributed by atoms with van der Waals surface area (Å²) in [5, 5.41) is 52.1. The van der Waals surface area contributed by atoms with Crippen LogP contribution in [0.3, 0.4) is 0 Å². The van der Waals surface area contributed by atoms with Gasteiger partial charge in [0.15, 0.2) is 5.41 Å². The number of aliphatic carboxylic acids is 2. The molecule has 35 heavy (non-hydrogen) atoms. The summed E-state index contributed by atoms with van der Waals surface area (Å²) >= 11 is 0. The van der Waals surface area contributed by atoms with Crippen LogP contribution >= 0.6 is 0 Å². The second kappa shape index (κ2) is 9.29. The van der Waals surface area contributed by atoms with Crippen LogP contribution in [0.2, 0.25) is 0 Å². The molecule has 0 aromatic rings. The number of carboxylic acid groups (broad SMARTS) is 2. The van der Waals surface area contributed by atoms with Crippen LogP contribution in [0.1, 0.15) is 91.9 Å². The van der Waals surface area contributed by atoms with Gasteiger partial charge in [-0.2, -0.15) is 0 Å². The summed E-state index contributed by atoms with van der Waals surface area (Å²) in [6.07, 6.45) is 6.08. The molecule has 0 amide bonds. The average Bonchev–Trinajstić information content (AvgIpc) is 3.13. The molecule has 0 bridgehead atoms. The van der Waals surface area contributed by atoms with Crippen molar-refractivity contribution in [3.05, 3.63) is 0 Å². The van der Waals surface area contributed by atoms with Crippen LogP contribution in [-0.2, 0) is 9.59 Å². The monoisotopic (exact) mass is 494 g/mol. The second-order valence-electron chi connectivity index (χ2n) is 13.3. The standard InChI is InChI=1S/C28H46O7/c1-15(6-5-10-27(3,24(32)33)25(34)35)18-7-8-19-23-20(14-22(31)28(18,19)4)26(2)11-9-17(29)12-16(26)13-21(23)30/h15-23,29-31H,5-14H2,1-4H3,(H,32,33)(H,34,35)/t15-,16?,17-,18?,19?,20?,21-,22+,23?,26+,28-/m1/s1. The zero-order chi connectivity index (χ0) is 25.9. The second-order valence-corrected chi connectivity index (χ2v) is 13.3. The lowest BCUT2D eigenvalue weighted by Gasteiger charge is -2.63. The van der Waals surface area contributed by atoms with Gasteiger partial charge in [-0.05, 0) is 105 Å². The van der Waals surface area contributed by atoms with E-state index in [-0.39, 0.29) is 52.9 Å². The number of rotatable bonds is 7. The molecule has 4 saturated carbocycles. The maximum Gasteiger partial charge on any atom is 0.320 e. The van der Waals surface area contributed by atoms with E-state index >= 15 is 0 Å². The molecule has 0 heterocycles. The Labute approximate surface area is 209 Å². The van der Waals surface area contributed by atoms with E-state index in [9.17, 15) is 35.1 Å². The first kappa shape index (κ1) is 26.9. The summed E-state index contributed by atoms with van der Waals surface area (Å²) in [5.41, 5.74) is -2.03. The Morgan fingerprint density at radius 2 is 1.63 bits per heavy atom. The van der Waals surface area contributed by atoms with Crippen molar-refractivity contribution in [2.75, 3.05) is 0 Å². The molecule has 11 atom stereocenters. The maximum atomic E-state index is 11.7. The number of aliphatic hydroxyl groups is 3. The molecule has 0 saturated heterocycles. The van der Waals surface area contributed by atoms with E-state index in [4.69, 9.17) is 0 Å². The lowest BCUT2D eigenvalue weighted by Crippen LogP contribution is -2.62. The van der Waals surface area contributed by atoms with Gasteiger partial charge in [0.1, 0.15) is 0 Å². The van der Waals surface area contributed by atoms with Crippen LogP contribution in [0.4, 0.5) is 0 Å². The third-order valence-electron chi connectivity index (χ3n) is 11.8. The fourth-order valence-corrected chi connectivity index (χ4v) is 9.42. The summed E-state index contributed by atoms with van der Waals surface area (Å²) in [5.74, 6) is -1.14. The van der Waals surface area contributed by atoms with Crippen LogP contribution in [0.15, 0.2) is 0 Å². The van der Waals surface area contributed by atoms with Gasteiger partial charge in [-0.1, -0.05) is 33.6 Å². The average molecular weight is 495 g/mol. The van der Waals surface area contributed by atoms with E-state index < -0.39 is 29.6 Å². The topological polar surface area (TPSA) is 135 Å². The van der Waals surface area contributed by atoms with Crippen LogP contribution < -0.4 is 0 Å². The fourth-order valence-electron chi connectivity index (χ4n) is 9.42. The van der Waals surface area contributed by atoms with Crippen molar-refractivity contribution in [1.29, 1.82) is 0 Å². The highest BCUT2D eigenvalue weighted by molar-refractivity contribution is 5.97. The molecule has 5 unspecified atom stereocenters. The van der Waals surface area contributed by atoms with Crippen molar-refractivity contribution in [1.82, 2.24) is 0 Å². The number of carboxylic acids is 2. The third-order valence-corrected chi connectivity index (χ3v) is 11.8. The van der Waals surface area contributed by atoms with E-state index in [0.29, 0.717) is 18.8 Å². The minimum Gasteiger partial charge on any atom is -0.480 e. The number of fused-ring (bicyclic) bond motifs is 5. The van der Waals surface area contributed by atoms with Gasteiger partial charge in [-0.25, -0.2) is 0 Å². The first-order valence-corrected chi connectivity index (χ1v) is 13.8. The van der Waals surface area contributed by atoms with E-state index in [1.54, 1.807) is 0 Å². The lowest BCUT2D eigenvalue weighted by molar-refractivity contribution is -0.207. The molecule has 4 aliphatic rings. The summed E-state index contributed by atoms with van der Waals surface area (Å²) < 4.78 is 0. The molecule has 7 nitrogen and oxygen atoms in total. The van der Waals surface area contributed by atoms with Gasteiger partial charge in [0.2, 0.25) is 0 Å². The van der Waals surface area contributed by atoms with Gasteiger partial charge in [-0.3, -0.25) is 9.59 Å². The van der Waals surface area contributed by atoms with Gasteiger partial charge in [0.25, 0.3) is 0 Å². The molecule has 0 radical (unpaired) electrons. The van der Waals surface area contributed by atoms with Crippen LogP contribution in [-0.4, -0.2) is 55.8 Å². The molecule has 0 aromatic carbocycles. The van der Waals surface area contributed by atoms with Crippen LogP contribution in [0.5, 0.6) is 0 Å². The van der Waals surface area contributed by atoms with Crippen LogP contribution in [0.25, 0.3) is 0 Å². The maximum absolute atomic E-state index is 11.7. The molecule has 200 valence electrons. The molecular formula is C28H46O7. The summed E-state index contributed by atoms with van der Waals surface area (Å²) in [4.78, 5) is 23.1. The zero-order valence-corrected chi connectivity index (χ0v) is 21.8. The Balaban J connectivity index is 1.50. The first-order valence-electron chi connectivity index (χ1n) is 13.8. The Hall–Kier alpha value is -1.18. The molecule has 4 fully saturated rings. The van der Waals surface area contributed by atoms with Crippen LogP contribution in [0, 0.1) is 51.8 Å². The van der Waals surface area contributed by atoms with E-state index in [0.717, 1.165) is 44.9 Å². The number of carbonyl (C=O) groups is 2. The minimum absolute atomic E-state index is 0.0489. The molecule has 5 N–H and O–H groups in total. The van der Waals surface area contributed by atoms with E-state index in [1.807, 2.05) is 0 Å². The molecule has 0 aliphatic heterocycles. The molecule has 4 rings (SSSR count). The highest BCUT2D eigenvalue weighted by Gasteiger charge is 2.65. The molecule has 7 heteroatoms. The van der Waals surface area contributed by atoms with Gasteiger partial charge in [0, 0.05) is 0 Å².